The molecule has 1 atom stereocenters. The van der Waals surface area contributed by atoms with E-state index in [-0.39, 0.29) is 0 Å². The summed E-state index contributed by atoms with van der Waals surface area (Å²) < 4.78 is 5.06. The van der Waals surface area contributed by atoms with E-state index in [0.29, 0.717) is 13.2 Å². The number of hydrogen-bond donors (Lipinski definition) is 2. The van der Waals surface area contributed by atoms with Crippen LogP contribution in [-0.4, -0.2) is 30.9 Å². The highest BCUT2D eigenvalue weighted by Crippen LogP contribution is 2.20. The summed E-state index contributed by atoms with van der Waals surface area (Å²) in [5.41, 5.74) is 1.80. The Morgan fingerprint density at radius 2 is 2.00 bits per heavy atom. The Morgan fingerprint density at radius 1 is 1.31 bits per heavy atom. The molecule has 1 heterocycles. The molecule has 0 bridgehead atoms. The molecule has 0 radical (unpaired) electrons. The van der Waals surface area contributed by atoms with Crippen LogP contribution in [0.1, 0.15) is 17.5 Å². The van der Waals surface area contributed by atoms with Crippen molar-refractivity contribution in [3.8, 4) is 0 Å². The van der Waals surface area contributed by atoms with Crippen molar-refractivity contribution in [1.29, 1.82) is 0 Å². The van der Waals surface area contributed by atoms with Gasteiger partial charge in [-0.3, -0.25) is 0 Å². The van der Waals surface area contributed by atoms with Crippen molar-refractivity contribution < 1.29 is 9.84 Å². The Balaban J connectivity index is 1.99. The second kappa shape index (κ2) is 4.95. The highest BCUT2D eigenvalue weighted by Gasteiger charge is 2.30. The van der Waals surface area contributed by atoms with Gasteiger partial charge in [0.25, 0.3) is 0 Å². The molecule has 0 spiro atoms. The summed E-state index contributed by atoms with van der Waals surface area (Å²) in [5, 5.41) is 13.4. The van der Waals surface area contributed by atoms with Crippen molar-refractivity contribution >= 4 is 0 Å². The highest BCUT2D eigenvalue weighted by atomic mass is 16.5. The van der Waals surface area contributed by atoms with Crippen LogP contribution in [0.5, 0.6) is 0 Å². The molecule has 3 nitrogen and oxygen atoms in total. The van der Waals surface area contributed by atoms with E-state index in [1.165, 1.54) is 11.1 Å². The molecule has 1 aliphatic heterocycles. The molecule has 2 N–H and O–H groups in total. The third-order valence-corrected chi connectivity index (χ3v) is 3.09. The van der Waals surface area contributed by atoms with Gasteiger partial charge in [0.15, 0.2) is 0 Å². The van der Waals surface area contributed by atoms with Crippen molar-refractivity contribution in [3.63, 3.8) is 0 Å². The largest absolute Gasteiger partial charge is 0.388 e. The van der Waals surface area contributed by atoms with Gasteiger partial charge < -0.3 is 15.2 Å². The molecule has 0 amide bonds. The second-order valence-electron chi connectivity index (χ2n) is 4.58. The van der Waals surface area contributed by atoms with Crippen LogP contribution in [0.3, 0.4) is 0 Å². The molecule has 1 aromatic carbocycles. The molecule has 3 heteroatoms. The summed E-state index contributed by atoms with van der Waals surface area (Å²) in [6, 6.07) is 8.27. The monoisotopic (exact) mass is 221 g/mol. The van der Waals surface area contributed by atoms with Crippen molar-refractivity contribution in [3.05, 3.63) is 35.4 Å². The molecule has 0 saturated carbocycles. The average molecular weight is 221 g/mol. The van der Waals surface area contributed by atoms with E-state index in [4.69, 9.17) is 4.74 Å². The van der Waals surface area contributed by atoms with Crippen molar-refractivity contribution in [2.75, 3.05) is 20.2 Å². The van der Waals surface area contributed by atoms with E-state index in [9.17, 15) is 5.11 Å². The number of nitrogens with one attached hydrogen (secondary N) is 1. The van der Waals surface area contributed by atoms with Gasteiger partial charge in [-0.2, -0.15) is 0 Å². The fourth-order valence-corrected chi connectivity index (χ4v) is 2.18. The summed E-state index contributed by atoms with van der Waals surface area (Å²) >= 11 is 0. The SMILES string of the molecule is COCc1ccc(CC2(O)CCNC2)cc1. The standard InChI is InChI=1S/C13H19NO2/c1-16-9-12-4-2-11(3-5-12)8-13(15)6-7-14-10-13/h2-5,14-15H,6-10H2,1H3. The van der Waals surface area contributed by atoms with E-state index in [1.54, 1.807) is 7.11 Å². The zero-order valence-electron chi connectivity index (χ0n) is 9.70. The molecule has 1 fully saturated rings. The lowest BCUT2D eigenvalue weighted by atomic mass is 9.93. The molecule has 0 aromatic heterocycles. The van der Waals surface area contributed by atoms with Crippen LogP contribution in [0, 0.1) is 0 Å². The topological polar surface area (TPSA) is 41.5 Å². The van der Waals surface area contributed by atoms with Gasteiger partial charge in [0.2, 0.25) is 0 Å². The zero-order chi connectivity index (χ0) is 11.4. The van der Waals surface area contributed by atoms with Crippen LogP contribution in [0.25, 0.3) is 0 Å². The fraction of sp³-hybridized carbons (Fsp3) is 0.538. The maximum atomic E-state index is 10.2. The first-order valence-corrected chi connectivity index (χ1v) is 5.72. The van der Waals surface area contributed by atoms with Crippen LogP contribution in [0.4, 0.5) is 0 Å². The third kappa shape index (κ3) is 2.82. The molecule has 88 valence electrons. The predicted molar refractivity (Wildman–Crippen MR) is 63.3 cm³/mol. The third-order valence-electron chi connectivity index (χ3n) is 3.09. The zero-order valence-corrected chi connectivity index (χ0v) is 9.70. The van der Waals surface area contributed by atoms with E-state index < -0.39 is 5.60 Å². The van der Waals surface area contributed by atoms with Crippen LogP contribution < -0.4 is 5.32 Å². The summed E-state index contributed by atoms with van der Waals surface area (Å²) in [6.07, 6.45) is 1.57. The van der Waals surface area contributed by atoms with Crippen LogP contribution in [0.2, 0.25) is 0 Å². The van der Waals surface area contributed by atoms with Crippen molar-refractivity contribution in [1.82, 2.24) is 5.32 Å². The minimum atomic E-state index is -0.553. The molecule has 0 aliphatic carbocycles. The Labute approximate surface area is 96.4 Å². The van der Waals surface area contributed by atoms with Crippen LogP contribution >= 0.6 is 0 Å². The minimum absolute atomic E-state index is 0.553. The average Bonchev–Trinajstić information content (AvgIpc) is 2.68. The Kier molecular flexibility index (Phi) is 3.59. The lowest BCUT2D eigenvalue weighted by Gasteiger charge is -2.21. The number of methoxy groups -OCH3 is 1. The van der Waals surface area contributed by atoms with Gasteiger partial charge in [-0.05, 0) is 24.1 Å². The number of benzene rings is 1. The van der Waals surface area contributed by atoms with Gasteiger partial charge in [-0.1, -0.05) is 24.3 Å². The maximum absolute atomic E-state index is 10.2. The molecule has 2 rings (SSSR count). The first-order valence-electron chi connectivity index (χ1n) is 5.72. The van der Waals surface area contributed by atoms with E-state index >= 15 is 0 Å². The van der Waals surface area contributed by atoms with Crippen molar-refractivity contribution in [2.45, 2.75) is 25.0 Å². The van der Waals surface area contributed by atoms with Crippen LogP contribution in [-0.2, 0) is 17.8 Å². The molecule has 1 unspecified atom stereocenters. The fourth-order valence-electron chi connectivity index (χ4n) is 2.18. The summed E-state index contributed by atoms with van der Waals surface area (Å²) in [4.78, 5) is 0. The summed E-state index contributed by atoms with van der Waals surface area (Å²) in [6.45, 7) is 2.26. The molecule has 1 aliphatic rings. The number of ether oxygens (including phenoxy) is 1. The number of aliphatic hydroxyl groups is 1. The Hall–Kier alpha value is -0.900. The van der Waals surface area contributed by atoms with Gasteiger partial charge >= 0.3 is 0 Å². The van der Waals surface area contributed by atoms with Gasteiger partial charge in [-0.15, -0.1) is 0 Å². The number of hydrogen-bond acceptors (Lipinski definition) is 3. The lowest BCUT2D eigenvalue weighted by molar-refractivity contribution is 0.0619. The normalized spacial score (nSPS) is 24.9. The maximum Gasteiger partial charge on any atom is 0.0823 e. The minimum Gasteiger partial charge on any atom is -0.388 e. The lowest BCUT2D eigenvalue weighted by Crippen LogP contribution is -2.33. The number of rotatable bonds is 4. The van der Waals surface area contributed by atoms with E-state index in [0.717, 1.165) is 19.4 Å². The predicted octanol–water partition coefficient (Wildman–Crippen LogP) is 1.10. The van der Waals surface area contributed by atoms with Gasteiger partial charge in [-0.25, -0.2) is 0 Å². The molecule has 16 heavy (non-hydrogen) atoms. The molecule has 1 saturated heterocycles. The summed E-state index contributed by atoms with van der Waals surface area (Å²) in [5.74, 6) is 0. The smallest absolute Gasteiger partial charge is 0.0823 e. The Bertz CT molecular complexity index is 328. The molecular formula is C13H19NO2. The van der Waals surface area contributed by atoms with Gasteiger partial charge in [0.1, 0.15) is 0 Å². The van der Waals surface area contributed by atoms with E-state index in [2.05, 4.69) is 29.6 Å². The van der Waals surface area contributed by atoms with Crippen molar-refractivity contribution in [2.24, 2.45) is 0 Å². The van der Waals surface area contributed by atoms with Crippen LogP contribution in [0.15, 0.2) is 24.3 Å². The quantitative estimate of drug-likeness (QED) is 0.800. The first-order chi connectivity index (χ1) is 7.72. The molecular weight excluding hydrogens is 202 g/mol. The van der Waals surface area contributed by atoms with Gasteiger partial charge in [0, 0.05) is 20.1 Å². The van der Waals surface area contributed by atoms with Gasteiger partial charge in [0.05, 0.1) is 12.2 Å². The summed E-state index contributed by atoms with van der Waals surface area (Å²) in [7, 11) is 1.70. The Morgan fingerprint density at radius 3 is 2.56 bits per heavy atom. The number of β-amino-alcohol motifs (C(OH)–C–C–N with tert-alkyl or cyclic N) is 1. The molecule has 1 aromatic rings. The first kappa shape index (κ1) is 11.6. The highest BCUT2D eigenvalue weighted by molar-refractivity contribution is 5.23. The van der Waals surface area contributed by atoms with E-state index in [1.807, 2.05) is 0 Å². The second-order valence-corrected chi connectivity index (χ2v) is 4.58.